The number of nitrogens with two attached hydrogens (primary N) is 1. The number of aliphatic imine (C=N–C) groups is 1. The summed E-state index contributed by atoms with van der Waals surface area (Å²) < 4.78 is 20.3. The van der Waals surface area contributed by atoms with Crippen LogP contribution in [-0.2, 0) is 50.4 Å². The van der Waals surface area contributed by atoms with Crippen LogP contribution >= 0.6 is 8.58 Å². The van der Waals surface area contributed by atoms with Crippen molar-refractivity contribution in [2.45, 2.75) is 65.2 Å². The van der Waals surface area contributed by atoms with E-state index in [1.54, 1.807) is 41.5 Å². The summed E-state index contributed by atoms with van der Waals surface area (Å²) in [6, 6.07) is 6.19. The van der Waals surface area contributed by atoms with Crippen LogP contribution in [0, 0.1) is 17.3 Å². The molecule has 0 bridgehead atoms. The van der Waals surface area contributed by atoms with E-state index in [0.717, 1.165) is 34.4 Å². The first kappa shape index (κ1) is 39.8. The van der Waals surface area contributed by atoms with Gasteiger partial charge in [-0.15, -0.1) is 5.92 Å². The molecule has 42 heavy (non-hydrogen) atoms. The minimum absolute atomic E-state index is 0. The van der Waals surface area contributed by atoms with Gasteiger partial charge in [0.15, 0.2) is 0 Å². The Morgan fingerprint density at radius 1 is 1.07 bits per heavy atom. The Balaban J connectivity index is 0.000000840. The first-order valence-electron chi connectivity index (χ1n) is 12.7. The Kier molecular flexibility index (Phi) is 15.2. The first-order valence-corrected chi connectivity index (χ1v) is 14.0. The van der Waals surface area contributed by atoms with E-state index in [1.165, 1.54) is 18.0 Å². The zero-order valence-corrected chi connectivity index (χ0v) is 29.1. The van der Waals surface area contributed by atoms with Gasteiger partial charge in [-0.3, -0.25) is 0 Å². The monoisotopic (exact) mass is 774 g/mol. The second-order valence-electron chi connectivity index (χ2n) is 11.6. The normalized spacial score (nSPS) is 22.6. The third-order valence-corrected chi connectivity index (χ3v) is 7.32. The van der Waals surface area contributed by atoms with Gasteiger partial charge in [0.1, 0.15) is 17.9 Å². The summed E-state index contributed by atoms with van der Waals surface area (Å²) in [6.45, 7) is 17.8. The van der Waals surface area contributed by atoms with E-state index in [9.17, 15) is 14.8 Å². The van der Waals surface area contributed by atoms with E-state index in [2.05, 4.69) is 33.2 Å². The Morgan fingerprint density at radius 3 is 2.05 bits per heavy atom. The predicted molar refractivity (Wildman–Crippen MR) is 159 cm³/mol. The second-order valence-corrected chi connectivity index (χ2v) is 12.7. The quantitative estimate of drug-likeness (QED) is 0.207. The van der Waals surface area contributed by atoms with Crippen molar-refractivity contribution in [1.29, 1.82) is 0 Å². The molecule has 0 aromatic heterocycles. The molecule has 0 saturated carbocycles. The number of hydrogen-bond acceptors (Lipinski definition) is 9. The van der Waals surface area contributed by atoms with Crippen molar-refractivity contribution >= 4 is 32.9 Å². The van der Waals surface area contributed by atoms with Gasteiger partial charge in [-0.1, -0.05) is 27.4 Å². The summed E-state index contributed by atoms with van der Waals surface area (Å²) in [4.78, 5) is 23.7. The summed E-state index contributed by atoms with van der Waals surface area (Å²) >= 11 is 0. The fourth-order valence-corrected chi connectivity index (χ4v) is 5.24. The Labute approximate surface area is 264 Å². The maximum atomic E-state index is 10.4. The molecule has 3 unspecified atom stereocenters. The fourth-order valence-electron chi connectivity index (χ4n) is 4.35. The smallest absolute Gasteiger partial charge is 0.124 e. The second kappa shape index (κ2) is 16.1. The van der Waals surface area contributed by atoms with Crippen LogP contribution in [0.1, 0.15) is 59.6 Å². The number of nitrogens with zero attached hydrogens (tertiary/aromatic N) is 2. The van der Waals surface area contributed by atoms with Gasteiger partial charge < -0.3 is 45.4 Å². The summed E-state index contributed by atoms with van der Waals surface area (Å²) in [6.07, 6.45) is 0.924. The number of hydroxylamine groups is 2. The molecular weight excluding hydrogens is 733 g/mol. The topological polar surface area (TPSA) is 172 Å². The average Bonchev–Trinajstić information content (AvgIpc) is 3.49. The number of fused-ring (bicyclic) bond motifs is 3. The standard InChI is InChI=1S/C19H19N2O3P.2C5H9O2.H2N.H2O.W/c1-2-3-14-7-25-8-16(20-14)13-4-5-17-15(6-13)19(9-21(19)22)18(12-24-17)10-23-11-18;2*1-5(2,3)7-4-6;;;/h4-6,8,22,25H,7,9-12H2,1H3;2*1-3H3;2*1H2;/q;3*-1;;. The van der Waals surface area contributed by atoms with Crippen molar-refractivity contribution in [1.82, 2.24) is 5.06 Å². The van der Waals surface area contributed by atoms with Crippen molar-refractivity contribution in [3.05, 3.63) is 41.3 Å². The number of rotatable bonds is 3. The van der Waals surface area contributed by atoms with Crippen LogP contribution in [-0.4, -0.2) is 78.1 Å². The molecule has 13 heteroatoms. The number of carbonyl (C=O) groups excluding carboxylic acids is 2. The third-order valence-electron chi connectivity index (χ3n) is 6.30. The molecule has 11 nitrogen and oxygen atoms in total. The molecule has 4 aliphatic heterocycles. The predicted octanol–water partition coefficient (Wildman–Crippen LogP) is 4.08. The summed E-state index contributed by atoms with van der Waals surface area (Å²) in [5, 5.41) is 11.8. The van der Waals surface area contributed by atoms with Crippen LogP contribution in [0.25, 0.3) is 11.8 Å². The van der Waals surface area contributed by atoms with Gasteiger partial charge in [-0.2, -0.15) is 5.06 Å². The zero-order chi connectivity index (χ0) is 28.9. The molecule has 2 saturated heterocycles. The number of hydrogen-bond donors (Lipinski definition) is 1. The van der Waals surface area contributed by atoms with Crippen molar-refractivity contribution in [3.8, 4) is 17.6 Å². The van der Waals surface area contributed by atoms with Crippen LogP contribution in [0.2, 0.25) is 0 Å². The van der Waals surface area contributed by atoms with Gasteiger partial charge >= 0.3 is 0 Å². The molecule has 5 N–H and O–H groups in total. The van der Waals surface area contributed by atoms with Crippen LogP contribution in [0.15, 0.2) is 29.0 Å². The largest absolute Gasteiger partial charge is 0.693 e. The Hall–Kier alpha value is -2.15. The molecular formula is C29H41N3O8PW-3. The SMILES string of the molecule is CC#CC1=NC(c2ccc3c(c2)C2(CN2O)C2(COC2)CO3)=CPC1.CC(C)(C)O[C-]=O.CC(C)(C)O[C-]=O.O.[NH2-].[W]. The van der Waals surface area contributed by atoms with E-state index < -0.39 is 0 Å². The number of benzene rings is 1. The average molecular weight is 774 g/mol. The molecule has 1 aromatic carbocycles. The summed E-state index contributed by atoms with van der Waals surface area (Å²) in [5.74, 6) is 9.07. The molecule has 4 aliphatic rings. The number of ether oxygens (including phenoxy) is 4. The maximum absolute atomic E-state index is 10.4. The van der Waals surface area contributed by atoms with Gasteiger partial charge in [0.25, 0.3) is 0 Å². The molecule has 4 heterocycles. The summed E-state index contributed by atoms with van der Waals surface area (Å²) in [7, 11) is 0.697. The van der Waals surface area contributed by atoms with Crippen molar-refractivity contribution in [2.75, 3.05) is 32.5 Å². The van der Waals surface area contributed by atoms with Crippen molar-refractivity contribution in [3.63, 3.8) is 0 Å². The van der Waals surface area contributed by atoms with E-state index in [-0.39, 0.29) is 54.8 Å². The Morgan fingerprint density at radius 2 is 1.64 bits per heavy atom. The van der Waals surface area contributed by atoms with Crippen molar-refractivity contribution in [2.24, 2.45) is 10.4 Å². The van der Waals surface area contributed by atoms with Crippen LogP contribution in [0.3, 0.4) is 0 Å². The zero-order valence-electron chi connectivity index (χ0n) is 25.1. The third kappa shape index (κ3) is 9.42. The van der Waals surface area contributed by atoms with Gasteiger partial charge in [0.05, 0.1) is 47.8 Å². The molecule has 2 spiro atoms. The van der Waals surface area contributed by atoms with E-state index in [4.69, 9.17) is 14.5 Å². The first-order chi connectivity index (χ1) is 18.3. The Bertz CT molecular complexity index is 1180. The van der Waals surface area contributed by atoms with Crippen LogP contribution < -0.4 is 4.74 Å². The van der Waals surface area contributed by atoms with Crippen LogP contribution in [0.4, 0.5) is 0 Å². The molecule has 3 atom stereocenters. The van der Waals surface area contributed by atoms with E-state index in [0.29, 0.717) is 34.9 Å². The van der Waals surface area contributed by atoms with Gasteiger partial charge in [0, 0.05) is 38.4 Å². The summed E-state index contributed by atoms with van der Waals surface area (Å²) in [5.41, 5.74) is 2.76. The minimum atomic E-state index is -0.373. The molecule has 0 aliphatic carbocycles. The van der Waals surface area contributed by atoms with Crippen LogP contribution in [0.5, 0.6) is 5.75 Å². The fraction of sp³-hybridized carbons (Fsp3) is 0.552. The molecule has 234 valence electrons. The van der Waals surface area contributed by atoms with E-state index in [1.807, 2.05) is 19.1 Å². The molecule has 1 aromatic rings. The molecule has 2 fully saturated rings. The maximum Gasteiger partial charge on any atom is 0.124 e. The molecule has 0 radical (unpaired) electrons. The molecule has 5 rings (SSSR count). The molecule has 0 amide bonds. The minimum Gasteiger partial charge on any atom is -0.693 e. The van der Waals surface area contributed by atoms with Gasteiger partial charge in [-0.25, -0.2) is 4.99 Å². The van der Waals surface area contributed by atoms with Crippen molar-refractivity contribution < 1.29 is 60.3 Å². The van der Waals surface area contributed by atoms with Gasteiger partial charge in [0.2, 0.25) is 0 Å². The van der Waals surface area contributed by atoms with Gasteiger partial charge in [-0.05, 0) is 72.5 Å². The van der Waals surface area contributed by atoms with E-state index >= 15 is 0 Å².